The molecule has 0 spiro atoms. The van der Waals surface area contributed by atoms with Crippen LogP contribution in [0.4, 0.5) is 0 Å². The Kier molecular flexibility index (Phi) is 2.62. The Bertz CT molecular complexity index is 738. The van der Waals surface area contributed by atoms with Crippen LogP contribution in [0.5, 0.6) is 0 Å². The maximum atomic E-state index is 12.3. The number of amides is 4. The third-order valence-corrected chi connectivity index (χ3v) is 3.43. The minimum Gasteiger partial charge on any atom is -0.478 e. The lowest BCUT2D eigenvalue weighted by molar-refractivity contribution is -0.125. The summed E-state index contributed by atoms with van der Waals surface area (Å²) < 4.78 is 0. The molecule has 1 aromatic carbocycles. The van der Waals surface area contributed by atoms with Gasteiger partial charge in [0, 0.05) is 0 Å². The molecule has 2 aliphatic rings. The van der Waals surface area contributed by atoms with Crippen molar-refractivity contribution in [1.82, 2.24) is 10.2 Å². The van der Waals surface area contributed by atoms with Gasteiger partial charge in [-0.15, -0.1) is 0 Å². The first kappa shape index (κ1) is 13.0. The highest BCUT2D eigenvalue weighted by Crippen LogP contribution is 2.29. The highest BCUT2D eigenvalue weighted by atomic mass is 16.4. The number of nitrogens with zero attached hydrogens (tertiary/aromatic N) is 1. The second-order valence-electron chi connectivity index (χ2n) is 4.65. The molecule has 1 fully saturated rings. The zero-order chi connectivity index (χ0) is 15.3. The van der Waals surface area contributed by atoms with Crippen molar-refractivity contribution < 1.29 is 29.1 Å². The lowest BCUT2D eigenvalue weighted by atomic mass is 10.0. The molecule has 0 aliphatic carbocycles. The molecule has 0 bridgehead atoms. The molecule has 1 aromatic rings. The van der Waals surface area contributed by atoms with Gasteiger partial charge in [-0.1, -0.05) is 6.07 Å². The largest absolute Gasteiger partial charge is 0.478 e. The van der Waals surface area contributed by atoms with Crippen LogP contribution in [-0.2, 0) is 9.59 Å². The van der Waals surface area contributed by atoms with E-state index in [-0.39, 0.29) is 23.1 Å². The van der Waals surface area contributed by atoms with Crippen LogP contribution in [0.25, 0.3) is 0 Å². The second kappa shape index (κ2) is 4.23. The van der Waals surface area contributed by atoms with E-state index in [1.807, 2.05) is 5.32 Å². The molecule has 3 rings (SSSR count). The van der Waals surface area contributed by atoms with Gasteiger partial charge in [0.05, 0.1) is 23.1 Å². The zero-order valence-corrected chi connectivity index (χ0v) is 10.5. The summed E-state index contributed by atoms with van der Waals surface area (Å²) in [7, 11) is 0. The maximum Gasteiger partial charge on any atom is 0.336 e. The van der Waals surface area contributed by atoms with E-state index in [4.69, 9.17) is 5.11 Å². The lowest BCUT2D eigenvalue weighted by Crippen LogP contribution is -2.44. The topological polar surface area (TPSA) is 121 Å². The van der Waals surface area contributed by atoms with Gasteiger partial charge in [-0.2, -0.15) is 0 Å². The molecule has 4 amide bonds. The SMILES string of the molecule is O=C1CC(N2C(=O)c3cccc(C(=O)O)c3C2=O)C(=O)N1. The number of hydrogen-bond acceptors (Lipinski definition) is 5. The number of carboxylic acid groups (broad SMARTS) is 1. The molecule has 8 nitrogen and oxygen atoms in total. The summed E-state index contributed by atoms with van der Waals surface area (Å²) in [5.74, 6) is -4.32. The molecule has 0 aromatic heterocycles. The van der Waals surface area contributed by atoms with E-state index in [0.717, 1.165) is 0 Å². The van der Waals surface area contributed by atoms with Crippen molar-refractivity contribution in [3.05, 3.63) is 34.9 Å². The van der Waals surface area contributed by atoms with E-state index in [9.17, 15) is 24.0 Å². The van der Waals surface area contributed by atoms with Crippen molar-refractivity contribution >= 4 is 29.6 Å². The fourth-order valence-electron chi connectivity index (χ4n) is 2.51. The molecular weight excluding hydrogens is 280 g/mol. The van der Waals surface area contributed by atoms with Crippen molar-refractivity contribution in [2.75, 3.05) is 0 Å². The van der Waals surface area contributed by atoms with E-state index < -0.39 is 35.6 Å². The predicted molar refractivity (Wildman–Crippen MR) is 65.5 cm³/mol. The van der Waals surface area contributed by atoms with Crippen LogP contribution in [0.3, 0.4) is 0 Å². The van der Waals surface area contributed by atoms with Gasteiger partial charge in [0.1, 0.15) is 6.04 Å². The van der Waals surface area contributed by atoms with Crippen LogP contribution in [0.15, 0.2) is 18.2 Å². The van der Waals surface area contributed by atoms with Crippen LogP contribution in [0, 0.1) is 0 Å². The number of hydrogen-bond donors (Lipinski definition) is 2. The van der Waals surface area contributed by atoms with Gasteiger partial charge in [0.2, 0.25) is 11.8 Å². The molecule has 1 unspecified atom stereocenters. The number of fused-ring (bicyclic) bond motifs is 1. The number of carbonyl (C=O) groups is 5. The summed E-state index contributed by atoms with van der Waals surface area (Å²) in [4.78, 5) is 59.2. The number of imide groups is 2. The van der Waals surface area contributed by atoms with Crippen molar-refractivity contribution in [1.29, 1.82) is 0 Å². The van der Waals surface area contributed by atoms with Gasteiger partial charge in [0.15, 0.2) is 0 Å². The summed E-state index contributed by atoms with van der Waals surface area (Å²) >= 11 is 0. The third kappa shape index (κ3) is 1.72. The fraction of sp³-hybridized carbons (Fsp3) is 0.154. The Morgan fingerprint density at radius 1 is 1.19 bits per heavy atom. The molecule has 2 N–H and O–H groups in total. The van der Waals surface area contributed by atoms with Crippen LogP contribution in [0.2, 0.25) is 0 Å². The monoisotopic (exact) mass is 288 g/mol. The van der Waals surface area contributed by atoms with Crippen LogP contribution in [-0.4, -0.2) is 45.6 Å². The van der Waals surface area contributed by atoms with Crippen LogP contribution < -0.4 is 5.32 Å². The molecule has 2 heterocycles. The highest BCUT2D eigenvalue weighted by Gasteiger charge is 2.47. The Morgan fingerprint density at radius 3 is 2.48 bits per heavy atom. The first-order chi connectivity index (χ1) is 9.91. The minimum atomic E-state index is -1.35. The molecule has 1 saturated heterocycles. The summed E-state index contributed by atoms with van der Waals surface area (Å²) in [5, 5.41) is 11.1. The number of nitrogens with one attached hydrogen (secondary N) is 1. The van der Waals surface area contributed by atoms with Gasteiger partial charge in [0.25, 0.3) is 11.8 Å². The smallest absolute Gasteiger partial charge is 0.336 e. The van der Waals surface area contributed by atoms with E-state index in [0.29, 0.717) is 4.90 Å². The number of rotatable bonds is 2. The second-order valence-corrected chi connectivity index (χ2v) is 4.65. The zero-order valence-electron chi connectivity index (χ0n) is 10.5. The standard InChI is InChI=1S/C13H8N2O6/c16-8-4-7(10(17)14-8)15-11(18)5-2-1-3-6(13(20)21)9(5)12(15)19/h1-3,7H,4H2,(H,20,21)(H,14,16,17). The van der Waals surface area contributed by atoms with Gasteiger partial charge >= 0.3 is 5.97 Å². The number of aromatic carboxylic acids is 1. The summed E-state index contributed by atoms with van der Waals surface area (Å²) in [6.07, 6.45) is -0.313. The molecule has 21 heavy (non-hydrogen) atoms. The number of carbonyl (C=O) groups excluding carboxylic acids is 4. The van der Waals surface area contributed by atoms with E-state index in [1.54, 1.807) is 0 Å². The average molecular weight is 288 g/mol. The van der Waals surface area contributed by atoms with Crippen molar-refractivity contribution in [2.24, 2.45) is 0 Å². The quantitative estimate of drug-likeness (QED) is 0.701. The van der Waals surface area contributed by atoms with Gasteiger partial charge < -0.3 is 5.11 Å². The van der Waals surface area contributed by atoms with Gasteiger partial charge in [-0.25, -0.2) is 4.79 Å². The third-order valence-electron chi connectivity index (χ3n) is 3.43. The lowest BCUT2D eigenvalue weighted by Gasteiger charge is -2.18. The first-order valence-corrected chi connectivity index (χ1v) is 5.99. The Hall–Kier alpha value is -3.03. The maximum absolute atomic E-state index is 12.3. The normalized spacial score (nSPS) is 20.8. The van der Waals surface area contributed by atoms with Crippen LogP contribution in [0.1, 0.15) is 37.5 Å². The molecule has 2 aliphatic heterocycles. The molecular formula is C13H8N2O6. The van der Waals surface area contributed by atoms with Crippen molar-refractivity contribution in [3.63, 3.8) is 0 Å². The number of carboxylic acids is 1. The fourth-order valence-corrected chi connectivity index (χ4v) is 2.51. The van der Waals surface area contributed by atoms with Gasteiger partial charge in [-0.3, -0.25) is 29.4 Å². The predicted octanol–water partition coefficient (Wildman–Crippen LogP) is -0.604. The highest BCUT2D eigenvalue weighted by molar-refractivity contribution is 6.26. The Balaban J connectivity index is 2.09. The number of benzene rings is 1. The van der Waals surface area contributed by atoms with E-state index >= 15 is 0 Å². The van der Waals surface area contributed by atoms with Crippen molar-refractivity contribution in [3.8, 4) is 0 Å². The first-order valence-electron chi connectivity index (χ1n) is 5.99. The van der Waals surface area contributed by atoms with E-state index in [1.165, 1.54) is 18.2 Å². The Morgan fingerprint density at radius 2 is 1.90 bits per heavy atom. The van der Waals surface area contributed by atoms with Crippen LogP contribution >= 0.6 is 0 Å². The minimum absolute atomic E-state index is 0.0768. The molecule has 1 atom stereocenters. The van der Waals surface area contributed by atoms with Crippen molar-refractivity contribution in [2.45, 2.75) is 12.5 Å². The van der Waals surface area contributed by atoms with Gasteiger partial charge in [-0.05, 0) is 12.1 Å². The van der Waals surface area contributed by atoms with E-state index in [2.05, 4.69) is 0 Å². The molecule has 0 saturated carbocycles. The molecule has 0 radical (unpaired) electrons. The molecule has 8 heteroatoms. The Labute approximate surface area is 117 Å². The average Bonchev–Trinajstić information content (AvgIpc) is 2.88. The summed E-state index contributed by atoms with van der Waals surface area (Å²) in [6, 6.07) is 2.63. The summed E-state index contributed by atoms with van der Waals surface area (Å²) in [6.45, 7) is 0. The molecule has 106 valence electrons. The summed E-state index contributed by atoms with van der Waals surface area (Å²) in [5.41, 5.74) is -0.632.